The first-order valence-corrected chi connectivity index (χ1v) is 8.93. The van der Waals surface area contributed by atoms with Crippen LogP contribution >= 0.6 is 0 Å². The van der Waals surface area contributed by atoms with Gasteiger partial charge in [-0.1, -0.05) is 24.3 Å². The van der Waals surface area contributed by atoms with Crippen molar-refractivity contribution in [2.75, 3.05) is 11.5 Å². The van der Waals surface area contributed by atoms with E-state index in [9.17, 15) is 18.0 Å². The Morgan fingerprint density at radius 1 is 1.09 bits per heavy atom. The van der Waals surface area contributed by atoms with Crippen LogP contribution in [0.1, 0.15) is 16.9 Å². The fourth-order valence-corrected chi connectivity index (χ4v) is 4.22. The second-order valence-electron chi connectivity index (χ2n) is 5.43. The Labute approximate surface area is 133 Å². The number of carbonyl (C=O) groups excluding carboxylic acids is 2. The van der Waals surface area contributed by atoms with E-state index in [1.165, 1.54) is 0 Å². The lowest BCUT2D eigenvalue weighted by atomic mass is 10.1. The van der Waals surface area contributed by atoms with Gasteiger partial charge in [0.15, 0.2) is 9.84 Å². The quantitative estimate of drug-likeness (QED) is 0.776. The monoisotopic (exact) mass is 333 g/mol. The summed E-state index contributed by atoms with van der Waals surface area (Å²) in [6.07, 6.45) is 0.276. The summed E-state index contributed by atoms with van der Waals surface area (Å²) in [5.74, 6) is -1.84. The number of amides is 2. The number of hydrazine groups is 1. The van der Waals surface area contributed by atoms with E-state index >= 15 is 0 Å². The highest BCUT2D eigenvalue weighted by molar-refractivity contribution is 7.91. The van der Waals surface area contributed by atoms with E-state index in [4.69, 9.17) is 0 Å². The molecule has 3 rings (SSSR count). The van der Waals surface area contributed by atoms with E-state index in [2.05, 4.69) is 15.8 Å². The predicted molar refractivity (Wildman–Crippen MR) is 84.1 cm³/mol. The van der Waals surface area contributed by atoms with Crippen LogP contribution in [0.5, 0.6) is 0 Å². The van der Waals surface area contributed by atoms with E-state index in [0.717, 1.165) is 5.39 Å². The lowest BCUT2D eigenvalue weighted by molar-refractivity contribution is -0.125. The Bertz CT molecular complexity index is 879. The summed E-state index contributed by atoms with van der Waals surface area (Å²) in [7, 11) is -3.14. The Balaban J connectivity index is 1.63. The number of hydrogen-bond donors (Lipinski definition) is 2. The average molecular weight is 333 g/mol. The fraction of sp³-hybridized carbons (Fsp3) is 0.267. The van der Waals surface area contributed by atoms with Gasteiger partial charge < -0.3 is 0 Å². The largest absolute Gasteiger partial charge is 0.288 e. The molecule has 1 saturated heterocycles. The van der Waals surface area contributed by atoms with Crippen LogP contribution in [0.4, 0.5) is 0 Å². The molecule has 0 aliphatic carbocycles. The first-order valence-electron chi connectivity index (χ1n) is 7.11. The van der Waals surface area contributed by atoms with Crippen molar-refractivity contribution in [1.29, 1.82) is 0 Å². The molecule has 2 amide bonds. The number of rotatable bonds is 2. The molecule has 2 N–H and O–H groups in total. The van der Waals surface area contributed by atoms with Crippen molar-refractivity contribution in [3.8, 4) is 0 Å². The summed E-state index contributed by atoms with van der Waals surface area (Å²) in [6.45, 7) is 0. The third kappa shape index (κ3) is 3.48. The average Bonchev–Trinajstić information content (AvgIpc) is 2.92. The highest BCUT2D eigenvalue weighted by atomic mass is 32.2. The summed E-state index contributed by atoms with van der Waals surface area (Å²) in [6, 6.07) is 10.7. The van der Waals surface area contributed by atoms with Crippen LogP contribution in [0, 0.1) is 5.92 Å². The van der Waals surface area contributed by atoms with Gasteiger partial charge in [0.05, 0.1) is 22.9 Å². The highest BCUT2D eigenvalue weighted by Crippen LogP contribution is 2.18. The maximum absolute atomic E-state index is 12.0. The number of nitrogens with zero attached hydrogens (tertiary/aromatic N) is 1. The number of aromatic nitrogens is 1. The van der Waals surface area contributed by atoms with Crippen LogP contribution in [-0.4, -0.2) is 36.7 Å². The maximum Gasteiger partial charge on any atom is 0.288 e. The zero-order valence-corrected chi connectivity index (χ0v) is 13.0. The van der Waals surface area contributed by atoms with Crippen molar-refractivity contribution in [3.05, 3.63) is 42.1 Å². The molecule has 7 nitrogen and oxygen atoms in total. The fourth-order valence-electron chi connectivity index (χ4n) is 2.48. The number of pyridine rings is 1. The lowest BCUT2D eigenvalue weighted by Crippen LogP contribution is -2.45. The molecule has 2 aromatic rings. The van der Waals surface area contributed by atoms with E-state index in [-0.39, 0.29) is 23.6 Å². The van der Waals surface area contributed by atoms with Gasteiger partial charge in [-0.3, -0.25) is 20.4 Å². The molecule has 0 saturated carbocycles. The Morgan fingerprint density at radius 3 is 2.61 bits per heavy atom. The maximum atomic E-state index is 12.0. The Kier molecular flexibility index (Phi) is 3.99. The second-order valence-corrected chi connectivity index (χ2v) is 7.66. The van der Waals surface area contributed by atoms with E-state index in [1.807, 2.05) is 18.2 Å². The molecule has 0 radical (unpaired) electrons. The number of fused-ring (bicyclic) bond motifs is 1. The molecular weight excluding hydrogens is 318 g/mol. The first-order chi connectivity index (χ1) is 10.9. The van der Waals surface area contributed by atoms with Crippen molar-refractivity contribution in [2.24, 2.45) is 5.92 Å². The number of benzene rings is 1. The van der Waals surface area contributed by atoms with Crippen LogP contribution in [0.3, 0.4) is 0 Å². The summed E-state index contributed by atoms with van der Waals surface area (Å²) in [5, 5.41) is 0.907. The minimum Gasteiger partial charge on any atom is -0.273 e. The van der Waals surface area contributed by atoms with Crippen molar-refractivity contribution in [3.63, 3.8) is 0 Å². The van der Waals surface area contributed by atoms with Gasteiger partial charge in [0, 0.05) is 5.39 Å². The van der Waals surface area contributed by atoms with Gasteiger partial charge in [-0.05, 0) is 18.6 Å². The van der Waals surface area contributed by atoms with E-state index in [1.54, 1.807) is 18.2 Å². The number of para-hydroxylation sites is 1. The predicted octanol–water partition coefficient (Wildman–Crippen LogP) is 0.431. The van der Waals surface area contributed by atoms with Crippen molar-refractivity contribution >= 4 is 32.6 Å². The van der Waals surface area contributed by atoms with Gasteiger partial charge in [-0.25, -0.2) is 13.4 Å². The van der Waals surface area contributed by atoms with E-state index in [0.29, 0.717) is 5.52 Å². The molecule has 1 fully saturated rings. The molecule has 1 aliphatic heterocycles. The number of carbonyl (C=O) groups is 2. The van der Waals surface area contributed by atoms with Crippen LogP contribution in [0.15, 0.2) is 36.4 Å². The highest BCUT2D eigenvalue weighted by Gasteiger charge is 2.33. The molecular formula is C15H15N3O4S. The SMILES string of the molecule is O=C(NNC(=O)[C@@H]1CCS(=O)(=O)C1)c1ccc2ccccc2n1. The second kappa shape index (κ2) is 5.96. The summed E-state index contributed by atoms with van der Waals surface area (Å²) >= 11 is 0. The van der Waals surface area contributed by atoms with Gasteiger partial charge in [0.25, 0.3) is 5.91 Å². The molecule has 2 heterocycles. The first kappa shape index (κ1) is 15.4. The molecule has 0 bridgehead atoms. The van der Waals surface area contributed by atoms with Crippen LogP contribution in [-0.2, 0) is 14.6 Å². The normalized spacial score (nSPS) is 19.4. The van der Waals surface area contributed by atoms with Crippen molar-refractivity contribution < 1.29 is 18.0 Å². The molecule has 120 valence electrons. The number of sulfone groups is 1. The number of hydrogen-bond acceptors (Lipinski definition) is 5. The van der Waals surface area contributed by atoms with Crippen molar-refractivity contribution in [2.45, 2.75) is 6.42 Å². The van der Waals surface area contributed by atoms with Gasteiger partial charge in [0.2, 0.25) is 5.91 Å². The molecule has 23 heavy (non-hydrogen) atoms. The number of nitrogens with one attached hydrogen (secondary N) is 2. The standard InChI is InChI=1S/C15H15N3O4S/c19-14(11-7-8-23(21,22)9-11)17-18-15(20)13-6-5-10-3-1-2-4-12(10)16-13/h1-6,11H,7-9H2,(H,17,19)(H,18,20)/t11-/m1/s1. The topological polar surface area (TPSA) is 105 Å². The summed E-state index contributed by atoms with van der Waals surface area (Å²) < 4.78 is 22.7. The molecule has 1 aromatic carbocycles. The van der Waals surface area contributed by atoms with Crippen LogP contribution in [0.25, 0.3) is 10.9 Å². The molecule has 0 unspecified atom stereocenters. The minimum atomic E-state index is -3.14. The molecule has 1 atom stereocenters. The summed E-state index contributed by atoms with van der Waals surface area (Å²) in [5.41, 5.74) is 5.38. The van der Waals surface area contributed by atoms with Crippen LogP contribution in [0.2, 0.25) is 0 Å². The Hall–Kier alpha value is -2.48. The van der Waals surface area contributed by atoms with Gasteiger partial charge in [0.1, 0.15) is 5.69 Å². The zero-order valence-electron chi connectivity index (χ0n) is 12.2. The van der Waals surface area contributed by atoms with Gasteiger partial charge in [-0.2, -0.15) is 0 Å². The van der Waals surface area contributed by atoms with Gasteiger partial charge in [-0.15, -0.1) is 0 Å². The third-order valence-electron chi connectivity index (χ3n) is 3.73. The smallest absolute Gasteiger partial charge is 0.273 e. The third-order valence-corrected chi connectivity index (χ3v) is 5.50. The molecule has 8 heteroatoms. The molecule has 0 spiro atoms. The van der Waals surface area contributed by atoms with Gasteiger partial charge >= 0.3 is 0 Å². The summed E-state index contributed by atoms with van der Waals surface area (Å²) in [4.78, 5) is 28.1. The Morgan fingerprint density at radius 2 is 1.87 bits per heavy atom. The minimum absolute atomic E-state index is 0.00522. The van der Waals surface area contributed by atoms with Crippen molar-refractivity contribution in [1.82, 2.24) is 15.8 Å². The van der Waals surface area contributed by atoms with E-state index < -0.39 is 27.6 Å². The molecule has 1 aliphatic rings. The molecule has 1 aromatic heterocycles. The lowest BCUT2D eigenvalue weighted by Gasteiger charge is -2.10. The zero-order chi connectivity index (χ0) is 16.4. The van der Waals surface area contributed by atoms with Crippen LogP contribution < -0.4 is 10.9 Å².